The van der Waals surface area contributed by atoms with Gasteiger partial charge in [0.15, 0.2) is 0 Å². The first-order valence-corrected chi connectivity index (χ1v) is 6.93. The van der Waals surface area contributed by atoms with Crippen molar-refractivity contribution >= 4 is 0 Å². The van der Waals surface area contributed by atoms with Gasteiger partial charge in [-0.25, -0.2) is 0 Å². The third kappa shape index (κ3) is 5.22. The number of nitrogens with one attached hydrogen (secondary N) is 1. The summed E-state index contributed by atoms with van der Waals surface area (Å²) in [6, 6.07) is 0.393. The molecule has 1 saturated heterocycles. The zero-order valence-corrected chi connectivity index (χ0v) is 12.9. The van der Waals surface area contributed by atoms with Gasteiger partial charge in [-0.2, -0.15) is 0 Å². The van der Waals surface area contributed by atoms with E-state index in [1.54, 1.807) is 7.11 Å². The highest BCUT2D eigenvalue weighted by atomic mass is 16.5. The summed E-state index contributed by atoms with van der Waals surface area (Å²) in [4.78, 5) is 2.48. The van der Waals surface area contributed by atoms with Crippen molar-refractivity contribution in [2.75, 3.05) is 39.9 Å². The Hall–Kier alpha value is -0.160. The minimum atomic E-state index is -0.0778. The number of ether oxygens (including phenoxy) is 2. The maximum absolute atomic E-state index is 6.10. The topological polar surface area (TPSA) is 33.7 Å². The molecular weight excluding hydrogens is 228 g/mol. The van der Waals surface area contributed by atoms with Gasteiger partial charge in [0.05, 0.1) is 17.8 Å². The van der Waals surface area contributed by atoms with Crippen molar-refractivity contribution in [2.45, 2.75) is 51.9 Å². The molecule has 4 heteroatoms. The zero-order valence-electron chi connectivity index (χ0n) is 12.9. The van der Waals surface area contributed by atoms with Crippen LogP contribution in [0.25, 0.3) is 0 Å². The first kappa shape index (κ1) is 15.9. The Morgan fingerprint density at radius 1 is 1.22 bits per heavy atom. The first-order chi connectivity index (χ1) is 8.28. The Balaban J connectivity index is 2.58. The summed E-state index contributed by atoms with van der Waals surface area (Å²) in [6.45, 7) is 15.5. The van der Waals surface area contributed by atoms with Crippen LogP contribution in [0.1, 0.15) is 34.6 Å². The summed E-state index contributed by atoms with van der Waals surface area (Å²) < 4.78 is 11.4. The van der Waals surface area contributed by atoms with Crippen LogP contribution in [0.4, 0.5) is 0 Å². The fourth-order valence-corrected chi connectivity index (χ4v) is 3.05. The molecule has 1 aliphatic rings. The van der Waals surface area contributed by atoms with Crippen LogP contribution in [0.2, 0.25) is 0 Å². The minimum absolute atomic E-state index is 0.0778. The van der Waals surface area contributed by atoms with E-state index in [4.69, 9.17) is 9.47 Å². The van der Waals surface area contributed by atoms with E-state index in [-0.39, 0.29) is 11.2 Å². The Morgan fingerprint density at radius 3 is 2.22 bits per heavy atom. The highest BCUT2D eigenvalue weighted by molar-refractivity contribution is 4.90. The van der Waals surface area contributed by atoms with Gasteiger partial charge in [-0.1, -0.05) is 6.92 Å². The predicted molar refractivity (Wildman–Crippen MR) is 75.0 cm³/mol. The van der Waals surface area contributed by atoms with Crippen molar-refractivity contribution in [3.8, 4) is 0 Å². The SMILES string of the molecule is CCNC(COC)CN1CC(C)(C)OC(C)(C)C1. The number of hydrogen-bond donors (Lipinski definition) is 1. The summed E-state index contributed by atoms with van der Waals surface area (Å²) in [5.74, 6) is 0. The van der Waals surface area contributed by atoms with Crippen LogP contribution in [0.3, 0.4) is 0 Å². The molecule has 0 spiro atoms. The molecule has 1 heterocycles. The van der Waals surface area contributed by atoms with Crippen molar-refractivity contribution in [1.29, 1.82) is 0 Å². The van der Waals surface area contributed by atoms with Gasteiger partial charge in [-0.05, 0) is 34.2 Å². The molecule has 1 aliphatic heterocycles. The molecule has 0 radical (unpaired) electrons. The fourth-order valence-electron chi connectivity index (χ4n) is 3.05. The average molecular weight is 258 g/mol. The van der Waals surface area contributed by atoms with E-state index in [0.717, 1.165) is 32.8 Å². The molecule has 0 amide bonds. The van der Waals surface area contributed by atoms with Crippen LogP contribution >= 0.6 is 0 Å². The van der Waals surface area contributed by atoms with Gasteiger partial charge in [-0.3, -0.25) is 4.90 Å². The Bertz CT molecular complexity index is 232. The van der Waals surface area contributed by atoms with Gasteiger partial charge in [0, 0.05) is 32.8 Å². The maximum atomic E-state index is 6.10. The number of nitrogens with zero attached hydrogens (tertiary/aromatic N) is 1. The molecular formula is C14H30N2O2. The van der Waals surface area contributed by atoms with Crippen LogP contribution in [0.15, 0.2) is 0 Å². The number of morpholine rings is 1. The number of hydrogen-bond acceptors (Lipinski definition) is 4. The molecule has 0 bridgehead atoms. The van der Waals surface area contributed by atoms with E-state index in [1.165, 1.54) is 0 Å². The van der Waals surface area contributed by atoms with Crippen LogP contribution < -0.4 is 5.32 Å². The molecule has 0 aromatic rings. The molecule has 1 atom stereocenters. The van der Waals surface area contributed by atoms with Crippen LogP contribution in [0.5, 0.6) is 0 Å². The molecule has 1 N–H and O–H groups in total. The smallest absolute Gasteiger partial charge is 0.0760 e. The molecule has 1 unspecified atom stereocenters. The van der Waals surface area contributed by atoms with E-state index in [2.05, 4.69) is 44.8 Å². The highest BCUT2D eigenvalue weighted by Gasteiger charge is 2.38. The minimum Gasteiger partial charge on any atom is -0.383 e. The standard InChI is InChI=1S/C14H30N2O2/c1-7-15-12(9-17-6)8-16-10-13(2,3)18-14(4,5)11-16/h12,15H,7-11H2,1-6H3. The third-order valence-corrected chi connectivity index (χ3v) is 3.10. The fraction of sp³-hybridized carbons (Fsp3) is 1.00. The number of methoxy groups -OCH3 is 1. The zero-order chi connectivity index (χ0) is 13.8. The molecule has 0 aromatic heterocycles. The Labute approximate surface area is 112 Å². The lowest BCUT2D eigenvalue weighted by Gasteiger charge is -2.48. The third-order valence-electron chi connectivity index (χ3n) is 3.10. The lowest BCUT2D eigenvalue weighted by atomic mass is 9.98. The lowest BCUT2D eigenvalue weighted by molar-refractivity contribution is -0.181. The van der Waals surface area contributed by atoms with Crippen LogP contribution in [-0.2, 0) is 9.47 Å². The van der Waals surface area contributed by atoms with Crippen molar-refractivity contribution < 1.29 is 9.47 Å². The molecule has 1 fully saturated rings. The molecule has 0 aliphatic carbocycles. The van der Waals surface area contributed by atoms with Crippen LogP contribution in [-0.4, -0.2) is 62.0 Å². The van der Waals surface area contributed by atoms with E-state index in [1.807, 2.05) is 0 Å². The predicted octanol–water partition coefficient (Wildman–Crippen LogP) is 1.50. The number of rotatable bonds is 6. The average Bonchev–Trinajstić information content (AvgIpc) is 2.12. The summed E-state index contributed by atoms with van der Waals surface area (Å²) >= 11 is 0. The molecule has 0 saturated carbocycles. The largest absolute Gasteiger partial charge is 0.383 e. The van der Waals surface area contributed by atoms with Crippen molar-refractivity contribution in [3.63, 3.8) is 0 Å². The van der Waals surface area contributed by atoms with Gasteiger partial charge < -0.3 is 14.8 Å². The van der Waals surface area contributed by atoms with E-state index >= 15 is 0 Å². The first-order valence-electron chi connectivity index (χ1n) is 6.93. The molecule has 108 valence electrons. The molecule has 0 aromatic carbocycles. The quantitative estimate of drug-likeness (QED) is 0.783. The van der Waals surface area contributed by atoms with Gasteiger partial charge >= 0.3 is 0 Å². The van der Waals surface area contributed by atoms with Crippen molar-refractivity contribution in [1.82, 2.24) is 10.2 Å². The summed E-state index contributed by atoms with van der Waals surface area (Å²) in [7, 11) is 1.76. The van der Waals surface area contributed by atoms with E-state index in [9.17, 15) is 0 Å². The second-order valence-corrected chi connectivity index (χ2v) is 6.50. The Morgan fingerprint density at radius 2 is 1.78 bits per heavy atom. The number of likely N-dealkylation sites (N-methyl/N-ethyl adjacent to an activating group) is 1. The lowest BCUT2D eigenvalue weighted by Crippen LogP contribution is -2.59. The maximum Gasteiger partial charge on any atom is 0.0760 e. The highest BCUT2D eigenvalue weighted by Crippen LogP contribution is 2.27. The van der Waals surface area contributed by atoms with Gasteiger partial charge in [-0.15, -0.1) is 0 Å². The molecule has 1 rings (SSSR count). The van der Waals surface area contributed by atoms with Crippen molar-refractivity contribution in [3.05, 3.63) is 0 Å². The van der Waals surface area contributed by atoms with Crippen LogP contribution in [0, 0.1) is 0 Å². The molecule has 4 nitrogen and oxygen atoms in total. The second kappa shape index (κ2) is 6.33. The normalized spacial score (nSPS) is 25.0. The van der Waals surface area contributed by atoms with Gasteiger partial charge in [0.25, 0.3) is 0 Å². The van der Waals surface area contributed by atoms with E-state index < -0.39 is 0 Å². The van der Waals surface area contributed by atoms with Gasteiger partial charge in [0.2, 0.25) is 0 Å². The summed E-state index contributed by atoms with van der Waals surface area (Å²) in [5.41, 5.74) is -0.156. The van der Waals surface area contributed by atoms with E-state index in [0.29, 0.717) is 6.04 Å². The van der Waals surface area contributed by atoms with Crippen molar-refractivity contribution in [2.24, 2.45) is 0 Å². The second-order valence-electron chi connectivity index (χ2n) is 6.50. The monoisotopic (exact) mass is 258 g/mol. The summed E-state index contributed by atoms with van der Waals surface area (Å²) in [6.07, 6.45) is 0. The molecule has 18 heavy (non-hydrogen) atoms. The Kier molecular flexibility index (Phi) is 5.59. The van der Waals surface area contributed by atoms with Gasteiger partial charge in [0.1, 0.15) is 0 Å². The summed E-state index contributed by atoms with van der Waals surface area (Å²) in [5, 5.41) is 3.48.